The Bertz CT molecular complexity index is 628. The number of carbonyl (C=O) groups is 1. The van der Waals surface area contributed by atoms with Crippen molar-refractivity contribution in [3.63, 3.8) is 0 Å². The molecule has 20 heavy (non-hydrogen) atoms. The van der Waals surface area contributed by atoms with Gasteiger partial charge in [0.2, 0.25) is 0 Å². The highest BCUT2D eigenvalue weighted by Gasteiger charge is 2.35. The predicted octanol–water partition coefficient (Wildman–Crippen LogP) is 2.39. The van der Waals surface area contributed by atoms with Crippen LogP contribution in [0.4, 0.5) is 10.7 Å². The van der Waals surface area contributed by atoms with Gasteiger partial charge >= 0.3 is 0 Å². The van der Waals surface area contributed by atoms with Gasteiger partial charge in [-0.25, -0.2) is 8.42 Å². The van der Waals surface area contributed by atoms with E-state index in [1.54, 1.807) is 0 Å². The number of Topliss-reactive ketones (excluding diaryl/α,β-unsaturated/α-hetero) is 1. The summed E-state index contributed by atoms with van der Waals surface area (Å²) in [7, 11) is -3.46. The number of hydrogen-bond donors (Lipinski definition) is 2. The fourth-order valence-electron chi connectivity index (χ4n) is 1.92. The molecule has 1 aliphatic rings. The second-order valence-electron chi connectivity index (χ2n) is 5.69. The Kier molecular flexibility index (Phi) is 4.11. The van der Waals surface area contributed by atoms with Crippen molar-refractivity contribution in [1.29, 1.82) is 0 Å². The van der Waals surface area contributed by atoms with Crippen LogP contribution in [0.1, 0.15) is 36.4 Å². The molecular weight excluding hydrogens is 296 g/mol. The number of nitrogens with two attached hydrogens (primary N) is 1. The van der Waals surface area contributed by atoms with Gasteiger partial charge in [-0.1, -0.05) is 13.8 Å². The molecule has 0 bridgehead atoms. The summed E-state index contributed by atoms with van der Waals surface area (Å²) in [6.07, 6.45) is 2.87. The molecule has 1 aliphatic carbocycles. The number of sulfone groups is 1. The molecule has 7 heteroatoms. The molecule has 1 aromatic rings. The molecule has 1 aromatic heterocycles. The molecule has 1 saturated carbocycles. The minimum absolute atomic E-state index is 0.0185. The summed E-state index contributed by atoms with van der Waals surface area (Å²) in [6.45, 7) is 4.69. The molecule has 0 spiro atoms. The zero-order valence-electron chi connectivity index (χ0n) is 11.9. The standard InChI is InChI=1S/C13H20N2O3S2/c1-7(2)6-15-13-12(20(3,17)18)9(14)11(19-13)10(16)8-4-5-8/h7-8,15H,4-6,14H2,1-3H3. The van der Waals surface area contributed by atoms with E-state index in [1.807, 2.05) is 13.8 Å². The molecule has 0 atom stereocenters. The molecule has 0 aromatic carbocycles. The molecule has 1 heterocycles. The van der Waals surface area contributed by atoms with E-state index >= 15 is 0 Å². The van der Waals surface area contributed by atoms with Crippen LogP contribution in [0.15, 0.2) is 4.90 Å². The van der Waals surface area contributed by atoms with Gasteiger partial charge in [0.15, 0.2) is 15.6 Å². The number of carbonyl (C=O) groups excluding carboxylic acids is 1. The van der Waals surface area contributed by atoms with E-state index in [9.17, 15) is 13.2 Å². The van der Waals surface area contributed by atoms with Crippen LogP contribution >= 0.6 is 11.3 Å². The van der Waals surface area contributed by atoms with Crippen molar-refractivity contribution < 1.29 is 13.2 Å². The predicted molar refractivity (Wildman–Crippen MR) is 82.2 cm³/mol. The van der Waals surface area contributed by atoms with Gasteiger partial charge in [0.1, 0.15) is 9.90 Å². The quantitative estimate of drug-likeness (QED) is 0.787. The SMILES string of the molecule is CC(C)CNc1sc(C(=O)C2CC2)c(N)c1S(C)(=O)=O. The summed E-state index contributed by atoms with van der Waals surface area (Å²) in [5.74, 6) is 0.379. The summed E-state index contributed by atoms with van der Waals surface area (Å²) < 4.78 is 23.8. The smallest absolute Gasteiger partial charge is 0.180 e. The summed E-state index contributed by atoms with van der Waals surface area (Å²) in [5, 5.41) is 3.59. The van der Waals surface area contributed by atoms with E-state index in [2.05, 4.69) is 5.32 Å². The van der Waals surface area contributed by atoms with Gasteiger partial charge in [0.05, 0.1) is 10.6 Å². The van der Waals surface area contributed by atoms with E-state index in [4.69, 9.17) is 5.73 Å². The maximum absolute atomic E-state index is 12.2. The third-order valence-corrected chi connectivity index (χ3v) is 5.59. The third-order valence-electron chi connectivity index (χ3n) is 3.11. The normalized spacial score (nSPS) is 15.6. The minimum atomic E-state index is -3.46. The van der Waals surface area contributed by atoms with Gasteiger partial charge in [0, 0.05) is 18.7 Å². The molecule has 0 amide bonds. The molecule has 5 nitrogen and oxygen atoms in total. The summed E-state index contributed by atoms with van der Waals surface area (Å²) in [6, 6.07) is 0. The molecular formula is C13H20N2O3S2. The van der Waals surface area contributed by atoms with Crippen molar-refractivity contribution in [2.24, 2.45) is 11.8 Å². The Morgan fingerprint density at radius 1 is 1.45 bits per heavy atom. The van der Waals surface area contributed by atoms with Crippen LogP contribution in [0, 0.1) is 11.8 Å². The highest BCUT2D eigenvalue weighted by atomic mass is 32.2. The van der Waals surface area contributed by atoms with Crippen LogP contribution in [0.5, 0.6) is 0 Å². The Balaban J connectivity index is 2.43. The zero-order valence-corrected chi connectivity index (χ0v) is 13.5. The maximum atomic E-state index is 12.2. The average Bonchev–Trinajstić information content (AvgIpc) is 3.08. The molecule has 0 saturated heterocycles. The lowest BCUT2D eigenvalue weighted by Crippen LogP contribution is -2.10. The summed E-state index contributed by atoms with van der Waals surface area (Å²) in [4.78, 5) is 12.6. The largest absolute Gasteiger partial charge is 0.396 e. The van der Waals surface area contributed by atoms with Crippen molar-refractivity contribution in [3.05, 3.63) is 4.88 Å². The first-order chi connectivity index (χ1) is 9.21. The van der Waals surface area contributed by atoms with Crippen molar-refractivity contribution in [3.8, 4) is 0 Å². The van der Waals surface area contributed by atoms with E-state index in [0.29, 0.717) is 22.3 Å². The van der Waals surface area contributed by atoms with Gasteiger partial charge in [0.25, 0.3) is 0 Å². The first-order valence-corrected chi connectivity index (χ1v) is 9.33. The first-order valence-electron chi connectivity index (χ1n) is 6.62. The second kappa shape index (κ2) is 5.37. The zero-order chi connectivity index (χ0) is 15.1. The highest BCUT2D eigenvalue weighted by molar-refractivity contribution is 7.91. The van der Waals surface area contributed by atoms with Crippen LogP contribution in [-0.4, -0.2) is 27.0 Å². The van der Waals surface area contributed by atoms with Gasteiger partial charge in [-0.05, 0) is 18.8 Å². The molecule has 0 radical (unpaired) electrons. The van der Waals surface area contributed by atoms with E-state index in [1.165, 1.54) is 11.3 Å². The topological polar surface area (TPSA) is 89.3 Å². The van der Waals surface area contributed by atoms with Crippen LogP contribution in [0.25, 0.3) is 0 Å². The van der Waals surface area contributed by atoms with E-state index in [0.717, 1.165) is 19.1 Å². The van der Waals surface area contributed by atoms with E-state index in [-0.39, 0.29) is 22.3 Å². The van der Waals surface area contributed by atoms with E-state index < -0.39 is 9.84 Å². The van der Waals surface area contributed by atoms with Crippen molar-refractivity contribution in [1.82, 2.24) is 0 Å². The number of nitrogens with one attached hydrogen (secondary N) is 1. The Labute approximate surface area is 123 Å². The molecule has 112 valence electrons. The fourth-order valence-corrected chi connectivity index (χ4v) is 4.52. The lowest BCUT2D eigenvalue weighted by Gasteiger charge is -2.08. The summed E-state index contributed by atoms with van der Waals surface area (Å²) in [5.41, 5.74) is 6.05. The van der Waals surface area contributed by atoms with Gasteiger partial charge < -0.3 is 11.1 Å². The Morgan fingerprint density at radius 3 is 2.50 bits per heavy atom. The van der Waals surface area contributed by atoms with Crippen molar-refractivity contribution in [2.45, 2.75) is 31.6 Å². The number of rotatable bonds is 6. The van der Waals surface area contributed by atoms with Crippen molar-refractivity contribution >= 4 is 37.6 Å². The number of thiophene rings is 1. The highest BCUT2D eigenvalue weighted by Crippen LogP contribution is 2.43. The fraction of sp³-hybridized carbons (Fsp3) is 0.615. The first kappa shape index (κ1) is 15.3. The molecule has 2 rings (SSSR count). The lowest BCUT2D eigenvalue weighted by atomic mass is 10.2. The van der Waals surface area contributed by atoms with Gasteiger partial charge in [-0.15, -0.1) is 11.3 Å². The van der Waals surface area contributed by atoms with Crippen molar-refractivity contribution in [2.75, 3.05) is 23.9 Å². The number of hydrogen-bond acceptors (Lipinski definition) is 6. The number of anilines is 2. The second-order valence-corrected chi connectivity index (χ2v) is 8.66. The monoisotopic (exact) mass is 316 g/mol. The third kappa shape index (κ3) is 3.15. The molecule has 3 N–H and O–H groups in total. The Morgan fingerprint density at radius 2 is 2.05 bits per heavy atom. The average molecular weight is 316 g/mol. The molecule has 0 unspecified atom stereocenters. The molecule has 1 fully saturated rings. The van der Waals surface area contributed by atoms with Crippen LogP contribution in [0.3, 0.4) is 0 Å². The van der Waals surface area contributed by atoms with Crippen LogP contribution in [0.2, 0.25) is 0 Å². The van der Waals surface area contributed by atoms with Crippen LogP contribution in [-0.2, 0) is 9.84 Å². The number of nitrogen functional groups attached to an aromatic ring is 1. The maximum Gasteiger partial charge on any atom is 0.180 e. The summed E-state index contributed by atoms with van der Waals surface area (Å²) >= 11 is 1.17. The lowest BCUT2D eigenvalue weighted by molar-refractivity contribution is 0.0972. The van der Waals surface area contributed by atoms with Gasteiger partial charge in [-0.2, -0.15) is 0 Å². The van der Waals surface area contributed by atoms with Crippen LogP contribution < -0.4 is 11.1 Å². The minimum Gasteiger partial charge on any atom is -0.396 e. The van der Waals surface area contributed by atoms with Gasteiger partial charge in [-0.3, -0.25) is 4.79 Å². The number of ketones is 1. The Hall–Kier alpha value is -1.08. The molecule has 0 aliphatic heterocycles.